The molecule has 1 fully saturated rings. The highest BCUT2D eigenvalue weighted by Crippen LogP contribution is 2.33. The molecule has 0 aromatic heterocycles. The van der Waals surface area contributed by atoms with Crippen LogP contribution in [0.25, 0.3) is 16.8 Å². The van der Waals surface area contributed by atoms with E-state index in [0.29, 0.717) is 17.7 Å². The summed E-state index contributed by atoms with van der Waals surface area (Å²) in [5, 5.41) is 1.76. The van der Waals surface area contributed by atoms with Gasteiger partial charge >= 0.3 is 0 Å². The molecular weight excluding hydrogens is 360 g/mol. The van der Waals surface area contributed by atoms with Gasteiger partial charge in [-0.2, -0.15) is 0 Å². The smallest absolute Gasteiger partial charge is 0.261 e. The Balaban J connectivity index is 1.52. The number of allylic oxidation sites excluding steroid dienone is 2. The highest BCUT2D eigenvalue weighted by molar-refractivity contribution is 6.26. The van der Waals surface area contributed by atoms with E-state index in [2.05, 4.69) is 17.2 Å². The van der Waals surface area contributed by atoms with Gasteiger partial charge < -0.3 is 4.90 Å². The Morgan fingerprint density at radius 2 is 1.62 bits per heavy atom. The van der Waals surface area contributed by atoms with E-state index >= 15 is 0 Å². The number of carbonyl (C=O) groups is 2. The topological polar surface area (TPSA) is 40.6 Å². The van der Waals surface area contributed by atoms with Crippen molar-refractivity contribution < 1.29 is 9.59 Å². The summed E-state index contributed by atoms with van der Waals surface area (Å²) in [6, 6.07) is 9.65. The fraction of sp³-hybridized carbons (Fsp3) is 0.280. The van der Waals surface area contributed by atoms with Gasteiger partial charge in [0.15, 0.2) is 0 Å². The van der Waals surface area contributed by atoms with Crippen molar-refractivity contribution in [2.75, 3.05) is 19.6 Å². The fourth-order valence-electron chi connectivity index (χ4n) is 4.54. The van der Waals surface area contributed by atoms with Crippen LogP contribution in [-0.4, -0.2) is 41.2 Å². The summed E-state index contributed by atoms with van der Waals surface area (Å²) in [5.74, 6) is -0.298. The molecule has 5 rings (SSSR count). The van der Waals surface area contributed by atoms with Crippen LogP contribution in [0.1, 0.15) is 45.5 Å². The number of likely N-dealkylation sites (tertiary alicyclic amines) is 1. The van der Waals surface area contributed by atoms with E-state index in [1.54, 1.807) is 0 Å². The number of amides is 2. The van der Waals surface area contributed by atoms with Gasteiger partial charge in [-0.25, -0.2) is 0 Å². The number of hydrogen-bond donors (Lipinski definition) is 0. The normalized spacial score (nSPS) is 19.3. The monoisotopic (exact) mass is 384 g/mol. The molecule has 0 unspecified atom stereocenters. The maximum absolute atomic E-state index is 13.1. The zero-order valence-electron chi connectivity index (χ0n) is 16.4. The van der Waals surface area contributed by atoms with Crippen molar-refractivity contribution in [2.45, 2.75) is 19.3 Å². The summed E-state index contributed by atoms with van der Waals surface area (Å²) in [6.07, 6.45) is 16.0. The molecule has 2 aliphatic heterocycles. The predicted molar refractivity (Wildman–Crippen MR) is 116 cm³/mol. The van der Waals surface area contributed by atoms with Gasteiger partial charge in [-0.3, -0.25) is 14.5 Å². The zero-order valence-corrected chi connectivity index (χ0v) is 16.4. The average molecular weight is 384 g/mol. The van der Waals surface area contributed by atoms with Crippen LogP contribution in [0, 0.1) is 5.92 Å². The van der Waals surface area contributed by atoms with Gasteiger partial charge in [0.25, 0.3) is 11.8 Å². The molecule has 146 valence electrons. The molecule has 0 saturated carbocycles. The number of piperidine rings is 1. The molecule has 0 atom stereocenters. The Morgan fingerprint density at radius 3 is 2.38 bits per heavy atom. The van der Waals surface area contributed by atoms with Crippen molar-refractivity contribution in [1.29, 1.82) is 0 Å². The molecule has 2 heterocycles. The number of rotatable bonds is 4. The van der Waals surface area contributed by atoms with E-state index < -0.39 is 0 Å². The first-order chi connectivity index (χ1) is 14.2. The number of nitrogens with zero attached hydrogens (tertiary/aromatic N) is 2. The van der Waals surface area contributed by atoms with E-state index in [1.807, 2.05) is 54.6 Å². The van der Waals surface area contributed by atoms with Crippen molar-refractivity contribution in [3.05, 3.63) is 77.5 Å². The summed E-state index contributed by atoms with van der Waals surface area (Å²) < 4.78 is 0. The van der Waals surface area contributed by atoms with E-state index in [0.717, 1.165) is 29.4 Å². The summed E-state index contributed by atoms with van der Waals surface area (Å²) >= 11 is 0. The molecule has 29 heavy (non-hydrogen) atoms. The lowest BCUT2D eigenvalue weighted by Crippen LogP contribution is -2.42. The van der Waals surface area contributed by atoms with Crippen molar-refractivity contribution in [3.8, 4) is 0 Å². The molecular formula is C25H24N2O2. The molecule has 3 aliphatic rings. The second-order valence-electron chi connectivity index (χ2n) is 8.00. The van der Waals surface area contributed by atoms with Crippen LogP contribution >= 0.6 is 0 Å². The molecule has 1 aliphatic carbocycles. The second kappa shape index (κ2) is 7.36. The lowest BCUT2D eigenvalue weighted by atomic mass is 9.91. The van der Waals surface area contributed by atoms with Crippen LogP contribution in [0.2, 0.25) is 0 Å². The molecule has 0 N–H and O–H groups in total. The van der Waals surface area contributed by atoms with Gasteiger partial charge in [0.2, 0.25) is 0 Å². The maximum atomic E-state index is 13.1. The highest BCUT2D eigenvalue weighted by atomic mass is 16.2. The predicted octanol–water partition coefficient (Wildman–Crippen LogP) is 4.63. The van der Waals surface area contributed by atoms with Gasteiger partial charge in [0.1, 0.15) is 0 Å². The van der Waals surface area contributed by atoms with Crippen LogP contribution in [-0.2, 0) is 0 Å². The van der Waals surface area contributed by atoms with E-state index in [4.69, 9.17) is 0 Å². The molecule has 0 bridgehead atoms. The Bertz CT molecular complexity index is 1040. The third kappa shape index (κ3) is 3.19. The Labute approximate surface area is 170 Å². The fourth-order valence-corrected chi connectivity index (χ4v) is 4.54. The summed E-state index contributed by atoms with van der Waals surface area (Å²) in [4.78, 5) is 30.0. The minimum Gasteiger partial charge on any atom is -0.377 e. The standard InChI is InChI=1S/C25H24N2O2/c28-24-21-10-6-9-20-19(13-16-26-14-4-1-5-15-26)11-12-22(23(20)21)25(29)27(24)17-18-7-2-3-8-18/h2-3,6-13,16,18H,1,4-5,14-15,17H2/b16-13+. The molecule has 0 spiro atoms. The Morgan fingerprint density at radius 1 is 0.897 bits per heavy atom. The van der Waals surface area contributed by atoms with Gasteiger partial charge in [0, 0.05) is 42.1 Å². The second-order valence-corrected chi connectivity index (χ2v) is 8.00. The maximum Gasteiger partial charge on any atom is 0.261 e. The first-order valence-corrected chi connectivity index (χ1v) is 10.4. The van der Waals surface area contributed by atoms with E-state index in [1.165, 1.54) is 24.2 Å². The lowest BCUT2D eigenvalue weighted by molar-refractivity contribution is 0.0602. The third-order valence-corrected chi connectivity index (χ3v) is 6.10. The first kappa shape index (κ1) is 17.9. The molecule has 4 nitrogen and oxygen atoms in total. The largest absolute Gasteiger partial charge is 0.377 e. The van der Waals surface area contributed by atoms with Gasteiger partial charge in [-0.1, -0.05) is 42.5 Å². The quantitative estimate of drug-likeness (QED) is 0.722. The molecule has 1 saturated heterocycles. The molecule has 2 aromatic carbocycles. The average Bonchev–Trinajstić information content (AvgIpc) is 3.27. The third-order valence-electron chi connectivity index (χ3n) is 6.10. The van der Waals surface area contributed by atoms with Crippen molar-refractivity contribution in [2.24, 2.45) is 5.92 Å². The van der Waals surface area contributed by atoms with Gasteiger partial charge in [-0.15, -0.1) is 0 Å². The zero-order chi connectivity index (χ0) is 19.8. The lowest BCUT2D eigenvalue weighted by Gasteiger charge is -2.29. The van der Waals surface area contributed by atoms with Crippen LogP contribution in [0.15, 0.2) is 60.8 Å². The number of benzene rings is 2. The first-order valence-electron chi connectivity index (χ1n) is 10.4. The number of imide groups is 1. The van der Waals surface area contributed by atoms with Crippen molar-refractivity contribution >= 4 is 28.7 Å². The minimum absolute atomic E-state index is 0.0930. The molecule has 2 aromatic rings. The Kier molecular flexibility index (Phi) is 4.55. The molecule has 2 amide bonds. The van der Waals surface area contributed by atoms with Crippen LogP contribution in [0.4, 0.5) is 0 Å². The Hall–Kier alpha value is -3.14. The highest BCUT2D eigenvalue weighted by Gasteiger charge is 2.34. The minimum atomic E-state index is -0.195. The number of hydrogen-bond acceptors (Lipinski definition) is 3. The summed E-state index contributed by atoms with van der Waals surface area (Å²) in [7, 11) is 0. The molecule has 4 heteroatoms. The molecule has 0 radical (unpaired) electrons. The number of carbonyl (C=O) groups excluding carboxylic acids is 2. The summed E-state index contributed by atoms with van der Waals surface area (Å²) in [5.41, 5.74) is 2.29. The van der Waals surface area contributed by atoms with Crippen LogP contribution in [0.3, 0.4) is 0 Å². The van der Waals surface area contributed by atoms with Crippen molar-refractivity contribution in [1.82, 2.24) is 9.80 Å². The van der Waals surface area contributed by atoms with Crippen LogP contribution in [0.5, 0.6) is 0 Å². The van der Waals surface area contributed by atoms with Crippen molar-refractivity contribution in [3.63, 3.8) is 0 Å². The van der Waals surface area contributed by atoms with Gasteiger partial charge in [0.05, 0.1) is 0 Å². The van der Waals surface area contributed by atoms with E-state index in [9.17, 15) is 9.59 Å². The SMILES string of the molecule is O=C1c2cccc3c(/C=C/N4CCCCC4)ccc(c23)C(=O)N1CC1C=CC=C1. The van der Waals surface area contributed by atoms with Gasteiger partial charge in [-0.05, 0) is 54.6 Å². The summed E-state index contributed by atoms with van der Waals surface area (Å²) in [6.45, 7) is 2.57. The van der Waals surface area contributed by atoms with Crippen LogP contribution < -0.4 is 0 Å². The van der Waals surface area contributed by atoms with E-state index in [-0.39, 0.29) is 17.7 Å².